The molecule has 1 aromatic heterocycles. The summed E-state index contributed by atoms with van der Waals surface area (Å²) in [6.07, 6.45) is 1.62. The summed E-state index contributed by atoms with van der Waals surface area (Å²) in [4.78, 5) is 12.5. The average molecular weight is 423 g/mol. The molecular formula is C22H19ClN4OS. The molecule has 0 radical (unpaired) electrons. The molecule has 0 saturated heterocycles. The molecule has 4 aromatic rings. The van der Waals surface area contributed by atoms with Gasteiger partial charge < -0.3 is 5.32 Å². The van der Waals surface area contributed by atoms with E-state index in [-0.39, 0.29) is 17.7 Å². The fraction of sp³-hybridized carbons (Fsp3) is 0.136. The number of halogens is 1. The maximum absolute atomic E-state index is 12.5. The Morgan fingerprint density at radius 2 is 1.93 bits per heavy atom. The van der Waals surface area contributed by atoms with Crippen LogP contribution in [-0.2, 0) is 4.79 Å². The lowest BCUT2D eigenvalue weighted by atomic mass is 10.00. The zero-order valence-corrected chi connectivity index (χ0v) is 17.3. The van der Waals surface area contributed by atoms with Crippen molar-refractivity contribution in [1.82, 2.24) is 20.1 Å². The first kappa shape index (κ1) is 19.5. The number of carbonyl (C=O) groups is 1. The van der Waals surface area contributed by atoms with Crippen molar-refractivity contribution in [1.29, 1.82) is 0 Å². The highest BCUT2D eigenvalue weighted by molar-refractivity contribution is 7.99. The lowest BCUT2D eigenvalue weighted by Gasteiger charge is -2.16. The van der Waals surface area contributed by atoms with Gasteiger partial charge in [0, 0.05) is 5.02 Å². The Bertz CT molecular complexity index is 1150. The molecule has 0 aliphatic rings. The van der Waals surface area contributed by atoms with E-state index in [1.54, 1.807) is 6.33 Å². The largest absolute Gasteiger partial charge is 0.349 e. The molecule has 4 rings (SSSR count). The predicted molar refractivity (Wildman–Crippen MR) is 118 cm³/mol. The molecule has 0 spiro atoms. The average Bonchev–Trinajstić information content (AvgIpc) is 3.20. The van der Waals surface area contributed by atoms with Gasteiger partial charge in [-0.15, -0.1) is 10.2 Å². The minimum absolute atomic E-state index is 0.0592. The minimum Gasteiger partial charge on any atom is -0.349 e. The molecule has 0 aliphatic heterocycles. The number of nitrogens with zero attached hydrogens (tertiary/aromatic N) is 3. The van der Waals surface area contributed by atoms with E-state index >= 15 is 0 Å². The van der Waals surface area contributed by atoms with Gasteiger partial charge >= 0.3 is 0 Å². The molecule has 146 valence electrons. The van der Waals surface area contributed by atoms with Crippen molar-refractivity contribution in [2.45, 2.75) is 18.1 Å². The second-order valence-electron chi connectivity index (χ2n) is 6.61. The van der Waals surface area contributed by atoms with Crippen molar-refractivity contribution in [2.75, 3.05) is 5.75 Å². The van der Waals surface area contributed by atoms with E-state index in [2.05, 4.69) is 39.8 Å². The zero-order valence-electron chi connectivity index (χ0n) is 15.7. The highest BCUT2D eigenvalue weighted by Crippen LogP contribution is 2.25. The van der Waals surface area contributed by atoms with Crippen LogP contribution in [0.1, 0.15) is 18.5 Å². The van der Waals surface area contributed by atoms with Crippen LogP contribution in [-0.4, -0.2) is 26.4 Å². The lowest BCUT2D eigenvalue weighted by Crippen LogP contribution is -2.28. The summed E-state index contributed by atoms with van der Waals surface area (Å²) in [6.45, 7) is 2.00. The van der Waals surface area contributed by atoms with Crippen LogP contribution in [0.3, 0.4) is 0 Å². The van der Waals surface area contributed by atoms with Crippen LogP contribution in [0.2, 0.25) is 5.02 Å². The van der Waals surface area contributed by atoms with Crippen LogP contribution in [0.4, 0.5) is 0 Å². The molecule has 0 unspecified atom stereocenters. The first-order valence-electron chi connectivity index (χ1n) is 9.17. The number of rotatable bonds is 6. The van der Waals surface area contributed by atoms with E-state index in [1.807, 2.05) is 54.0 Å². The standard InChI is InChI=1S/C22H19ClN4OS/c1-15(19-11-4-7-16-6-2-3-10-20(16)19)25-21(28)13-29-22-26-24-14-27(22)18-9-5-8-17(23)12-18/h2-12,14-15H,13H2,1H3,(H,25,28)/t15-/m0/s1. The first-order chi connectivity index (χ1) is 14.1. The Kier molecular flexibility index (Phi) is 5.83. The van der Waals surface area contributed by atoms with Crippen LogP contribution in [0.25, 0.3) is 16.5 Å². The number of aromatic nitrogens is 3. The molecule has 1 heterocycles. The van der Waals surface area contributed by atoms with Gasteiger partial charge in [0.1, 0.15) is 6.33 Å². The SMILES string of the molecule is C[C@H](NC(=O)CSc1nncn1-c1cccc(Cl)c1)c1cccc2ccccc12. The maximum Gasteiger partial charge on any atom is 0.230 e. The summed E-state index contributed by atoms with van der Waals surface area (Å²) in [5.74, 6) is 0.185. The Hall–Kier alpha value is -2.83. The van der Waals surface area contributed by atoms with Gasteiger partial charge in [-0.3, -0.25) is 9.36 Å². The van der Waals surface area contributed by atoms with Crippen LogP contribution < -0.4 is 5.32 Å². The van der Waals surface area contributed by atoms with Crippen molar-refractivity contribution in [3.8, 4) is 5.69 Å². The molecule has 29 heavy (non-hydrogen) atoms. The van der Waals surface area contributed by atoms with Crippen LogP contribution in [0.5, 0.6) is 0 Å². The fourth-order valence-corrected chi connectivity index (χ4v) is 4.17. The molecule has 1 N–H and O–H groups in total. The lowest BCUT2D eigenvalue weighted by molar-refractivity contribution is -0.119. The Labute approximate surface area is 178 Å². The first-order valence-corrected chi connectivity index (χ1v) is 10.5. The molecule has 1 atom stereocenters. The molecule has 0 fully saturated rings. The summed E-state index contributed by atoms with van der Waals surface area (Å²) < 4.78 is 1.82. The Morgan fingerprint density at radius 3 is 2.79 bits per heavy atom. The zero-order chi connectivity index (χ0) is 20.2. The summed E-state index contributed by atoms with van der Waals surface area (Å²) >= 11 is 7.41. The molecule has 3 aromatic carbocycles. The highest BCUT2D eigenvalue weighted by Gasteiger charge is 2.14. The Morgan fingerprint density at radius 1 is 1.14 bits per heavy atom. The summed E-state index contributed by atoms with van der Waals surface area (Å²) in [5.41, 5.74) is 1.96. The molecule has 1 amide bonds. The number of carbonyl (C=O) groups excluding carboxylic acids is 1. The quantitative estimate of drug-likeness (QED) is 0.442. The number of amides is 1. The van der Waals surface area contributed by atoms with Crippen molar-refractivity contribution in [2.24, 2.45) is 0 Å². The van der Waals surface area contributed by atoms with Gasteiger partial charge in [0.15, 0.2) is 5.16 Å². The minimum atomic E-state index is -0.0972. The van der Waals surface area contributed by atoms with E-state index in [1.165, 1.54) is 11.8 Å². The van der Waals surface area contributed by atoms with Crippen molar-refractivity contribution in [3.63, 3.8) is 0 Å². The van der Waals surface area contributed by atoms with Gasteiger partial charge in [-0.05, 0) is 41.5 Å². The molecule has 0 saturated carbocycles. The molecule has 0 bridgehead atoms. The second-order valence-corrected chi connectivity index (χ2v) is 7.99. The smallest absolute Gasteiger partial charge is 0.230 e. The van der Waals surface area contributed by atoms with E-state index in [0.717, 1.165) is 22.0 Å². The van der Waals surface area contributed by atoms with Crippen LogP contribution in [0, 0.1) is 0 Å². The Balaban J connectivity index is 1.43. The van der Waals surface area contributed by atoms with Crippen LogP contribution in [0.15, 0.2) is 78.2 Å². The maximum atomic E-state index is 12.5. The van der Waals surface area contributed by atoms with Gasteiger partial charge in [-0.1, -0.05) is 71.9 Å². The van der Waals surface area contributed by atoms with Crippen molar-refractivity contribution in [3.05, 3.63) is 83.6 Å². The third kappa shape index (κ3) is 4.44. The molecule has 7 heteroatoms. The molecule has 5 nitrogen and oxygen atoms in total. The third-order valence-electron chi connectivity index (χ3n) is 4.60. The third-order valence-corrected chi connectivity index (χ3v) is 5.78. The summed E-state index contributed by atoms with van der Waals surface area (Å²) in [5, 5.41) is 14.8. The van der Waals surface area contributed by atoms with E-state index in [9.17, 15) is 4.79 Å². The van der Waals surface area contributed by atoms with Crippen molar-refractivity contribution < 1.29 is 4.79 Å². The van der Waals surface area contributed by atoms with Gasteiger partial charge in [-0.25, -0.2) is 0 Å². The fourth-order valence-electron chi connectivity index (χ4n) is 3.24. The summed E-state index contributed by atoms with van der Waals surface area (Å²) in [6, 6.07) is 21.7. The van der Waals surface area contributed by atoms with E-state index in [4.69, 9.17) is 11.6 Å². The second kappa shape index (κ2) is 8.68. The van der Waals surface area contributed by atoms with Gasteiger partial charge in [0.2, 0.25) is 5.91 Å². The number of hydrogen-bond acceptors (Lipinski definition) is 4. The normalized spacial score (nSPS) is 12.1. The summed E-state index contributed by atoms with van der Waals surface area (Å²) in [7, 11) is 0. The number of fused-ring (bicyclic) bond motifs is 1. The number of thioether (sulfide) groups is 1. The number of nitrogens with one attached hydrogen (secondary N) is 1. The van der Waals surface area contributed by atoms with E-state index < -0.39 is 0 Å². The molecule has 0 aliphatic carbocycles. The monoisotopic (exact) mass is 422 g/mol. The molecular weight excluding hydrogens is 404 g/mol. The topological polar surface area (TPSA) is 59.8 Å². The van der Waals surface area contributed by atoms with Gasteiger partial charge in [0.25, 0.3) is 0 Å². The number of hydrogen-bond donors (Lipinski definition) is 1. The van der Waals surface area contributed by atoms with E-state index in [0.29, 0.717) is 10.2 Å². The predicted octanol–water partition coefficient (Wildman–Crippen LogP) is 5.04. The van der Waals surface area contributed by atoms with Gasteiger partial charge in [0.05, 0.1) is 17.5 Å². The number of benzene rings is 3. The van der Waals surface area contributed by atoms with Crippen molar-refractivity contribution >= 4 is 40.0 Å². The van der Waals surface area contributed by atoms with Crippen LogP contribution >= 0.6 is 23.4 Å². The highest BCUT2D eigenvalue weighted by atomic mass is 35.5. The van der Waals surface area contributed by atoms with Gasteiger partial charge in [-0.2, -0.15) is 0 Å².